The molecule has 5 nitrogen and oxygen atoms in total. The van der Waals surface area contributed by atoms with Gasteiger partial charge in [-0.3, -0.25) is 4.79 Å². The van der Waals surface area contributed by atoms with Gasteiger partial charge in [0.2, 0.25) is 5.91 Å². The standard InChI is InChI=1S/C10H14N2O3/c1-14-6-10(13)12-9-5-7(15-2)3-4-8(9)11/h3-5H,6,11H2,1-2H3,(H,12,13). The van der Waals surface area contributed by atoms with Gasteiger partial charge >= 0.3 is 0 Å². The molecule has 0 aliphatic heterocycles. The maximum absolute atomic E-state index is 11.2. The fourth-order valence-corrected chi connectivity index (χ4v) is 1.09. The number of anilines is 2. The van der Waals surface area contributed by atoms with Crippen LogP contribution in [0.1, 0.15) is 0 Å². The predicted molar refractivity (Wildman–Crippen MR) is 57.9 cm³/mol. The van der Waals surface area contributed by atoms with E-state index in [-0.39, 0.29) is 12.5 Å². The summed E-state index contributed by atoms with van der Waals surface area (Å²) >= 11 is 0. The van der Waals surface area contributed by atoms with Gasteiger partial charge in [0.05, 0.1) is 18.5 Å². The van der Waals surface area contributed by atoms with Gasteiger partial charge in [-0.15, -0.1) is 0 Å². The first-order chi connectivity index (χ1) is 7.17. The molecule has 0 atom stereocenters. The summed E-state index contributed by atoms with van der Waals surface area (Å²) in [5.41, 5.74) is 6.69. The molecule has 0 heterocycles. The van der Waals surface area contributed by atoms with Crippen molar-refractivity contribution in [3.63, 3.8) is 0 Å². The van der Waals surface area contributed by atoms with Gasteiger partial charge in [-0.25, -0.2) is 0 Å². The van der Waals surface area contributed by atoms with Crippen LogP contribution in [-0.2, 0) is 9.53 Å². The molecule has 0 aromatic heterocycles. The second-order valence-corrected chi connectivity index (χ2v) is 2.93. The monoisotopic (exact) mass is 210 g/mol. The Morgan fingerprint density at radius 3 is 2.80 bits per heavy atom. The first-order valence-corrected chi connectivity index (χ1v) is 4.39. The van der Waals surface area contributed by atoms with Crippen molar-refractivity contribution in [2.45, 2.75) is 0 Å². The molecule has 3 N–H and O–H groups in total. The first kappa shape index (κ1) is 11.3. The molecule has 0 radical (unpaired) electrons. The van der Waals surface area contributed by atoms with Gasteiger partial charge in [0, 0.05) is 13.2 Å². The number of methoxy groups -OCH3 is 2. The van der Waals surface area contributed by atoms with E-state index in [0.717, 1.165) is 0 Å². The van der Waals surface area contributed by atoms with Gasteiger partial charge in [0.15, 0.2) is 0 Å². The molecule has 0 unspecified atom stereocenters. The highest BCUT2D eigenvalue weighted by Crippen LogP contribution is 2.24. The first-order valence-electron chi connectivity index (χ1n) is 4.39. The topological polar surface area (TPSA) is 73.6 Å². The van der Waals surface area contributed by atoms with Crippen LogP contribution in [0.2, 0.25) is 0 Å². The third kappa shape index (κ3) is 3.14. The van der Waals surface area contributed by atoms with Crippen LogP contribution in [0.25, 0.3) is 0 Å². The Hall–Kier alpha value is -1.75. The number of carbonyl (C=O) groups is 1. The lowest BCUT2D eigenvalue weighted by molar-refractivity contribution is -0.119. The SMILES string of the molecule is COCC(=O)Nc1cc(OC)ccc1N. The molecule has 15 heavy (non-hydrogen) atoms. The van der Waals surface area contributed by atoms with E-state index in [9.17, 15) is 4.79 Å². The second kappa shape index (κ2) is 5.21. The quantitative estimate of drug-likeness (QED) is 0.723. The van der Waals surface area contributed by atoms with Crippen LogP contribution < -0.4 is 15.8 Å². The van der Waals surface area contributed by atoms with Crippen molar-refractivity contribution in [2.24, 2.45) is 0 Å². The van der Waals surface area contributed by atoms with Gasteiger partial charge in [0.25, 0.3) is 0 Å². The van der Waals surface area contributed by atoms with Gasteiger partial charge < -0.3 is 20.5 Å². The maximum Gasteiger partial charge on any atom is 0.250 e. The van der Waals surface area contributed by atoms with Crippen molar-refractivity contribution in [2.75, 3.05) is 31.9 Å². The minimum absolute atomic E-state index is 0.00332. The molecule has 1 aromatic rings. The largest absolute Gasteiger partial charge is 0.497 e. The average molecular weight is 210 g/mol. The van der Waals surface area contributed by atoms with Gasteiger partial charge in [-0.05, 0) is 12.1 Å². The van der Waals surface area contributed by atoms with Crippen molar-refractivity contribution >= 4 is 17.3 Å². The third-order valence-electron chi connectivity index (χ3n) is 1.81. The molecule has 1 amide bonds. The molecule has 0 saturated carbocycles. The smallest absolute Gasteiger partial charge is 0.250 e. The zero-order valence-electron chi connectivity index (χ0n) is 8.74. The fourth-order valence-electron chi connectivity index (χ4n) is 1.09. The Morgan fingerprint density at radius 2 is 2.20 bits per heavy atom. The lowest BCUT2D eigenvalue weighted by Crippen LogP contribution is -2.17. The van der Waals surface area contributed by atoms with Gasteiger partial charge in [-0.2, -0.15) is 0 Å². The molecule has 0 aliphatic rings. The zero-order chi connectivity index (χ0) is 11.3. The molecule has 0 bridgehead atoms. The Bertz CT molecular complexity index is 353. The van der Waals surface area contributed by atoms with Crippen molar-refractivity contribution in [3.8, 4) is 5.75 Å². The van der Waals surface area contributed by atoms with Crippen molar-refractivity contribution in [3.05, 3.63) is 18.2 Å². The predicted octanol–water partition coefficient (Wildman–Crippen LogP) is 0.862. The molecule has 82 valence electrons. The van der Waals surface area contributed by atoms with E-state index in [1.54, 1.807) is 25.3 Å². The van der Waals surface area contributed by atoms with Crippen LogP contribution >= 0.6 is 0 Å². The number of nitrogens with one attached hydrogen (secondary N) is 1. The number of nitrogens with two attached hydrogens (primary N) is 1. The Kier molecular flexibility index (Phi) is 3.93. The molecule has 1 aromatic carbocycles. The van der Waals surface area contributed by atoms with E-state index in [1.807, 2.05) is 0 Å². The average Bonchev–Trinajstić information content (AvgIpc) is 2.21. The Balaban J connectivity index is 2.79. The third-order valence-corrected chi connectivity index (χ3v) is 1.81. The van der Waals surface area contributed by atoms with E-state index in [2.05, 4.69) is 10.1 Å². The van der Waals surface area contributed by atoms with Crippen molar-refractivity contribution in [1.29, 1.82) is 0 Å². The van der Waals surface area contributed by atoms with Gasteiger partial charge in [0.1, 0.15) is 12.4 Å². The fraction of sp³-hybridized carbons (Fsp3) is 0.300. The number of nitrogen functional groups attached to an aromatic ring is 1. The summed E-state index contributed by atoms with van der Waals surface area (Å²) in [6.45, 7) is -0.00332. The molecule has 0 spiro atoms. The lowest BCUT2D eigenvalue weighted by Gasteiger charge is -2.09. The highest BCUT2D eigenvalue weighted by Gasteiger charge is 2.05. The van der Waals surface area contributed by atoms with Gasteiger partial charge in [-0.1, -0.05) is 0 Å². The van der Waals surface area contributed by atoms with Crippen LogP contribution in [0.4, 0.5) is 11.4 Å². The van der Waals surface area contributed by atoms with E-state index >= 15 is 0 Å². The maximum atomic E-state index is 11.2. The summed E-state index contributed by atoms with van der Waals surface area (Å²) in [7, 11) is 3.00. The van der Waals surface area contributed by atoms with Crippen LogP contribution in [-0.4, -0.2) is 26.7 Å². The molecule has 1 rings (SSSR count). The van der Waals surface area contributed by atoms with E-state index in [1.165, 1.54) is 7.11 Å². The van der Waals surface area contributed by atoms with E-state index in [4.69, 9.17) is 10.5 Å². The van der Waals surface area contributed by atoms with Crippen LogP contribution in [0, 0.1) is 0 Å². The van der Waals surface area contributed by atoms with E-state index in [0.29, 0.717) is 17.1 Å². The van der Waals surface area contributed by atoms with Crippen molar-refractivity contribution in [1.82, 2.24) is 0 Å². The number of rotatable bonds is 4. The lowest BCUT2D eigenvalue weighted by atomic mass is 10.2. The van der Waals surface area contributed by atoms with Crippen LogP contribution in [0.5, 0.6) is 5.75 Å². The normalized spacial score (nSPS) is 9.73. The highest BCUT2D eigenvalue weighted by molar-refractivity contribution is 5.94. The van der Waals surface area contributed by atoms with Crippen molar-refractivity contribution < 1.29 is 14.3 Å². The molecule has 5 heteroatoms. The Labute approximate surface area is 88.2 Å². The summed E-state index contributed by atoms with van der Waals surface area (Å²) in [6.07, 6.45) is 0. The Morgan fingerprint density at radius 1 is 1.47 bits per heavy atom. The number of hydrogen-bond donors (Lipinski definition) is 2. The van der Waals surface area contributed by atoms with E-state index < -0.39 is 0 Å². The number of hydrogen-bond acceptors (Lipinski definition) is 4. The molecule has 0 saturated heterocycles. The summed E-state index contributed by atoms with van der Waals surface area (Å²) in [5, 5.41) is 2.62. The minimum atomic E-state index is -0.252. The number of carbonyl (C=O) groups excluding carboxylic acids is 1. The second-order valence-electron chi connectivity index (χ2n) is 2.93. The number of ether oxygens (including phenoxy) is 2. The summed E-state index contributed by atoms with van der Waals surface area (Å²) in [5.74, 6) is 0.384. The number of amides is 1. The molecule has 0 fully saturated rings. The van der Waals surface area contributed by atoms with Crippen LogP contribution in [0.15, 0.2) is 18.2 Å². The molecular weight excluding hydrogens is 196 g/mol. The molecular formula is C10H14N2O3. The molecule has 0 aliphatic carbocycles. The number of benzene rings is 1. The summed E-state index contributed by atoms with van der Waals surface area (Å²) in [6, 6.07) is 5.05. The summed E-state index contributed by atoms with van der Waals surface area (Å²) in [4.78, 5) is 11.2. The zero-order valence-corrected chi connectivity index (χ0v) is 8.74. The van der Waals surface area contributed by atoms with Crippen LogP contribution in [0.3, 0.4) is 0 Å². The summed E-state index contributed by atoms with van der Waals surface area (Å²) < 4.78 is 9.70. The highest BCUT2D eigenvalue weighted by atomic mass is 16.5. The minimum Gasteiger partial charge on any atom is -0.497 e.